The van der Waals surface area contributed by atoms with Crippen LogP contribution < -0.4 is 21.6 Å². The van der Waals surface area contributed by atoms with E-state index in [1.165, 1.54) is 6.20 Å². The van der Waals surface area contributed by atoms with Gasteiger partial charge in [-0.25, -0.2) is 4.98 Å². The number of hydrazine groups is 2. The van der Waals surface area contributed by atoms with Gasteiger partial charge in [-0.1, -0.05) is 50.6 Å². The molecule has 5 rings (SSSR count). The lowest BCUT2D eigenvalue weighted by Crippen LogP contribution is -2.38. The molecule has 0 radical (unpaired) electrons. The first-order valence-electron chi connectivity index (χ1n) is 14.7. The number of aromatic nitrogens is 2. The topological polar surface area (TPSA) is 125 Å². The van der Waals surface area contributed by atoms with Crippen LogP contribution in [-0.4, -0.2) is 34.2 Å². The molecule has 9 nitrogen and oxygen atoms in total. The third kappa shape index (κ3) is 7.71. The number of nitrogens with zero attached hydrogens (tertiary/aromatic N) is 5. The van der Waals surface area contributed by atoms with Crippen molar-refractivity contribution in [3.63, 3.8) is 0 Å². The number of anilines is 2. The number of nitriles is 2. The molecule has 46 heavy (non-hydrogen) atoms. The SMILES string of the molecule is CC(C)(C)CNc1c(C#N)cnc2c(Cl)cc(N[C@H](C3=CN(CCCCC(F)(F)F)NN3)c3cccc4cnc(C#N)cc34)cc12. The number of benzene rings is 2. The Labute approximate surface area is 270 Å². The Morgan fingerprint density at radius 2 is 1.83 bits per heavy atom. The molecule has 1 aliphatic heterocycles. The summed E-state index contributed by atoms with van der Waals surface area (Å²) in [5.74, 6) is 0. The van der Waals surface area contributed by atoms with E-state index in [0.717, 1.165) is 16.3 Å². The molecule has 3 heterocycles. The van der Waals surface area contributed by atoms with Crippen molar-refractivity contribution in [3.05, 3.63) is 82.5 Å². The highest BCUT2D eigenvalue weighted by molar-refractivity contribution is 6.35. The molecule has 0 amide bonds. The Bertz CT molecular complexity index is 1870. The van der Waals surface area contributed by atoms with E-state index < -0.39 is 18.6 Å². The van der Waals surface area contributed by atoms with Crippen LogP contribution in [0.3, 0.4) is 0 Å². The molecule has 0 fully saturated rings. The van der Waals surface area contributed by atoms with E-state index in [1.807, 2.05) is 30.5 Å². The molecule has 2 aromatic carbocycles. The number of halogens is 4. The van der Waals surface area contributed by atoms with E-state index in [2.05, 4.69) is 64.5 Å². The molecule has 4 N–H and O–H groups in total. The number of unbranched alkanes of at least 4 members (excludes halogenated alkanes) is 1. The summed E-state index contributed by atoms with van der Waals surface area (Å²) in [4.78, 5) is 8.68. The first-order valence-corrected chi connectivity index (χ1v) is 15.1. The molecule has 0 bridgehead atoms. The fourth-order valence-electron chi connectivity index (χ4n) is 5.21. The van der Waals surface area contributed by atoms with Crippen molar-refractivity contribution in [3.8, 4) is 12.1 Å². The largest absolute Gasteiger partial charge is 0.389 e. The van der Waals surface area contributed by atoms with E-state index in [0.29, 0.717) is 58.1 Å². The van der Waals surface area contributed by atoms with Gasteiger partial charge in [-0.05, 0) is 47.4 Å². The van der Waals surface area contributed by atoms with Crippen molar-refractivity contribution < 1.29 is 13.2 Å². The minimum absolute atomic E-state index is 0.0136. The number of hydrogen-bond acceptors (Lipinski definition) is 9. The standard InChI is InChI=1S/C33H33ClF3N9/c1-32(2,3)19-42-29-21(14-38)17-41-30-26(29)11-22(13-27(30)34)43-31(24-8-6-7-20-16-40-23(15-39)12-25(20)24)28-18-46(45-44-28)10-5-4-9-33(35,36)37/h6-8,11-13,16-18,31,43-45H,4-5,9-10,19H2,1-3H3,(H,41,42)/t31-/m0/s1. The summed E-state index contributed by atoms with van der Waals surface area (Å²) in [7, 11) is 0. The minimum atomic E-state index is -4.19. The quantitative estimate of drug-likeness (QED) is 0.128. The van der Waals surface area contributed by atoms with E-state index in [4.69, 9.17) is 11.6 Å². The summed E-state index contributed by atoms with van der Waals surface area (Å²) in [6, 6.07) is 14.9. The van der Waals surface area contributed by atoms with Gasteiger partial charge in [-0.15, -0.1) is 5.53 Å². The number of nitrogens with one attached hydrogen (secondary N) is 4. The molecule has 4 aromatic rings. The molecule has 0 unspecified atom stereocenters. The summed E-state index contributed by atoms with van der Waals surface area (Å²) in [5.41, 5.74) is 10.1. The van der Waals surface area contributed by atoms with Crippen molar-refractivity contribution in [1.82, 2.24) is 25.9 Å². The smallest absolute Gasteiger partial charge is 0.383 e. The summed E-state index contributed by atoms with van der Waals surface area (Å²) >= 11 is 6.78. The van der Waals surface area contributed by atoms with Crippen LogP contribution in [0.15, 0.2) is 60.7 Å². The number of rotatable bonds is 10. The Morgan fingerprint density at radius 3 is 2.54 bits per heavy atom. The van der Waals surface area contributed by atoms with Gasteiger partial charge in [0.25, 0.3) is 0 Å². The zero-order chi connectivity index (χ0) is 33.1. The fourth-order valence-corrected chi connectivity index (χ4v) is 5.48. The highest BCUT2D eigenvalue weighted by Gasteiger charge is 2.27. The minimum Gasteiger partial charge on any atom is -0.383 e. The van der Waals surface area contributed by atoms with Gasteiger partial charge in [0, 0.05) is 54.6 Å². The molecule has 2 aromatic heterocycles. The summed E-state index contributed by atoms with van der Waals surface area (Å²) in [6.45, 7) is 7.23. The molecule has 0 saturated carbocycles. The molecule has 13 heteroatoms. The molecule has 238 valence electrons. The molecular weight excluding hydrogens is 615 g/mol. The van der Waals surface area contributed by atoms with Crippen molar-refractivity contribution in [2.45, 2.75) is 52.3 Å². The average molecular weight is 648 g/mol. The van der Waals surface area contributed by atoms with Crippen LogP contribution in [0, 0.1) is 28.1 Å². The number of hydrogen-bond donors (Lipinski definition) is 4. The zero-order valence-corrected chi connectivity index (χ0v) is 26.3. The summed E-state index contributed by atoms with van der Waals surface area (Å²) in [5, 5.41) is 30.8. The molecular formula is C33H33ClF3N9. The first-order chi connectivity index (χ1) is 21.8. The van der Waals surface area contributed by atoms with Gasteiger partial charge in [-0.3, -0.25) is 9.99 Å². The second-order valence-corrected chi connectivity index (χ2v) is 12.7. The maximum atomic E-state index is 12.7. The van der Waals surface area contributed by atoms with Crippen molar-refractivity contribution in [2.24, 2.45) is 5.41 Å². The Morgan fingerprint density at radius 1 is 1.02 bits per heavy atom. The maximum absolute atomic E-state index is 12.7. The van der Waals surface area contributed by atoms with Gasteiger partial charge < -0.3 is 16.1 Å². The number of fused-ring (bicyclic) bond motifs is 2. The molecule has 0 aliphatic carbocycles. The Kier molecular flexibility index (Phi) is 9.42. The van der Waals surface area contributed by atoms with Crippen LogP contribution in [0.5, 0.6) is 0 Å². The van der Waals surface area contributed by atoms with Gasteiger partial charge in [0.2, 0.25) is 0 Å². The third-order valence-corrected chi connectivity index (χ3v) is 7.72. The number of alkyl halides is 3. The van der Waals surface area contributed by atoms with Gasteiger partial charge in [0.1, 0.15) is 17.8 Å². The zero-order valence-electron chi connectivity index (χ0n) is 25.6. The second-order valence-electron chi connectivity index (χ2n) is 12.3. The van der Waals surface area contributed by atoms with Gasteiger partial charge >= 0.3 is 6.18 Å². The summed E-state index contributed by atoms with van der Waals surface area (Å²) in [6.07, 6.45) is 0.285. The van der Waals surface area contributed by atoms with E-state index in [9.17, 15) is 23.7 Å². The van der Waals surface area contributed by atoms with Crippen molar-refractivity contribution >= 4 is 44.7 Å². The molecule has 0 saturated heterocycles. The highest BCUT2D eigenvalue weighted by Crippen LogP contribution is 2.37. The first kappa shape index (κ1) is 32.6. The van der Waals surface area contributed by atoms with Crippen LogP contribution >= 0.6 is 11.6 Å². The fraction of sp³-hybridized carbons (Fsp3) is 0.333. The van der Waals surface area contributed by atoms with Crippen LogP contribution in [0.25, 0.3) is 21.7 Å². The lowest BCUT2D eigenvalue weighted by atomic mass is 9.96. The normalized spacial score (nSPS) is 14.0. The van der Waals surface area contributed by atoms with Crippen molar-refractivity contribution in [1.29, 1.82) is 10.5 Å². The van der Waals surface area contributed by atoms with Crippen LogP contribution in [0.2, 0.25) is 5.02 Å². The highest BCUT2D eigenvalue weighted by atomic mass is 35.5. The average Bonchev–Trinajstić information content (AvgIpc) is 3.48. The summed E-state index contributed by atoms with van der Waals surface area (Å²) < 4.78 is 38.0. The predicted octanol–water partition coefficient (Wildman–Crippen LogP) is 7.69. The molecule has 1 aliphatic rings. The van der Waals surface area contributed by atoms with Gasteiger partial charge in [0.15, 0.2) is 0 Å². The van der Waals surface area contributed by atoms with Crippen LogP contribution in [0.1, 0.15) is 62.9 Å². The Balaban J connectivity index is 1.56. The Hall–Kier alpha value is -4.78. The predicted molar refractivity (Wildman–Crippen MR) is 173 cm³/mol. The van der Waals surface area contributed by atoms with Gasteiger partial charge in [0.05, 0.1) is 33.5 Å². The van der Waals surface area contributed by atoms with Crippen LogP contribution in [-0.2, 0) is 0 Å². The lowest BCUT2D eigenvalue weighted by Gasteiger charge is -2.24. The van der Waals surface area contributed by atoms with Gasteiger partial charge in [-0.2, -0.15) is 23.7 Å². The third-order valence-electron chi connectivity index (χ3n) is 7.43. The van der Waals surface area contributed by atoms with E-state index >= 15 is 0 Å². The molecule has 1 atom stereocenters. The number of pyridine rings is 2. The lowest BCUT2D eigenvalue weighted by molar-refractivity contribution is -0.135. The maximum Gasteiger partial charge on any atom is 0.389 e. The van der Waals surface area contributed by atoms with E-state index in [1.54, 1.807) is 23.3 Å². The monoisotopic (exact) mass is 647 g/mol. The van der Waals surface area contributed by atoms with E-state index in [-0.39, 0.29) is 17.5 Å². The second kappa shape index (κ2) is 13.3. The molecule has 0 spiro atoms. The van der Waals surface area contributed by atoms with Crippen molar-refractivity contribution in [2.75, 3.05) is 23.7 Å². The van der Waals surface area contributed by atoms with Crippen LogP contribution in [0.4, 0.5) is 24.5 Å².